The van der Waals surface area contributed by atoms with Gasteiger partial charge in [0.05, 0.1) is 11.1 Å². The summed E-state index contributed by atoms with van der Waals surface area (Å²) >= 11 is 12.0. The van der Waals surface area contributed by atoms with E-state index in [4.69, 9.17) is 27.9 Å². The molecule has 0 unspecified atom stereocenters. The van der Waals surface area contributed by atoms with Crippen molar-refractivity contribution in [1.82, 2.24) is 10.3 Å². The molecule has 1 atom stereocenters. The van der Waals surface area contributed by atoms with E-state index in [0.29, 0.717) is 21.5 Å². The molecule has 1 aromatic heterocycles. The molecule has 0 saturated carbocycles. The third-order valence-corrected chi connectivity index (χ3v) is 4.24. The van der Waals surface area contributed by atoms with Crippen LogP contribution in [0.1, 0.15) is 27.7 Å². The van der Waals surface area contributed by atoms with Crippen molar-refractivity contribution in [3.8, 4) is 5.75 Å². The molecule has 22 heavy (non-hydrogen) atoms. The molecule has 2 heterocycles. The van der Waals surface area contributed by atoms with Gasteiger partial charge in [0.1, 0.15) is 22.9 Å². The zero-order valence-corrected chi connectivity index (χ0v) is 13.1. The monoisotopic (exact) mass is 338 g/mol. The summed E-state index contributed by atoms with van der Waals surface area (Å²) in [6, 6.07) is 6.19. The highest BCUT2D eigenvalue weighted by Crippen LogP contribution is 2.42. The van der Waals surface area contributed by atoms with Gasteiger partial charge in [-0.1, -0.05) is 29.3 Å². The van der Waals surface area contributed by atoms with E-state index in [9.17, 15) is 9.59 Å². The van der Waals surface area contributed by atoms with Gasteiger partial charge in [0.15, 0.2) is 0 Å². The SMILES string of the molecule is Cc1ccc(C(=O)N[C@H]2COc3c2ccc(Cl)c3Cl)c(=O)[nH]1. The number of nitrogens with one attached hydrogen (secondary N) is 2. The van der Waals surface area contributed by atoms with Gasteiger partial charge in [-0.25, -0.2) is 0 Å². The van der Waals surface area contributed by atoms with E-state index < -0.39 is 11.5 Å². The van der Waals surface area contributed by atoms with Gasteiger partial charge in [0, 0.05) is 11.3 Å². The number of ether oxygens (including phenoxy) is 1. The van der Waals surface area contributed by atoms with Crippen molar-refractivity contribution in [2.24, 2.45) is 0 Å². The lowest BCUT2D eigenvalue weighted by Crippen LogP contribution is -2.33. The number of rotatable bonds is 2. The van der Waals surface area contributed by atoms with Crippen molar-refractivity contribution in [2.75, 3.05) is 6.61 Å². The lowest BCUT2D eigenvalue weighted by Gasteiger charge is -2.11. The number of carbonyl (C=O) groups excluding carboxylic acids is 1. The third kappa shape index (κ3) is 2.58. The summed E-state index contributed by atoms with van der Waals surface area (Å²) in [4.78, 5) is 26.7. The molecule has 0 saturated heterocycles. The quantitative estimate of drug-likeness (QED) is 0.884. The van der Waals surface area contributed by atoms with E-state index in [1.165, 1.54) is 6.07 Å². The molecule has 2 N–H and O–H groups in total. The molecule has 1 aliphatic heterocycles. The van der Waals surface area contributed by atoms with Crippen molar-refractivity contribution >= 4 is 29.1 Å². The molecule has 0 aliphatic carbocycles. The standard InChI is InChI=1S/C15H12Cl2N2O3/c1-7-2-3-9(14(20)18-7)15(21)19-11-6-22-13-8(11)4-5-10(16)12(13)17/h2-5,11H,6H2,1H3,(H,18,20)(H,19,21)/t11-/m0/s1. The van der Waals surface area contributed by atoms with Crippen LogP contribution in [0.25, 0.3) is 0 Å². The van der Waals surface area contributed by atoms with Gasteiger partial charge < -0.3 is 15.0 Å². The molecular formula is C15H12Cl2N2O3. The van der Waals surface area contributed by atoms with E-state index in [2.05, 4.69) is 10.3 Å². The van der Waals surface area contributed by atoms with Crippen LogP contribution in [0.15, 0.2) is 29.1 Å². The Kier molecular flexibility index (Phi) is 3.85. The predicted octanol–water partition coefficient (Wildman–Crippen LogP) is 2.85. The van der Waals surface area contributed by atoms with E-state index in [0.717, 1.165) is 5.56 Å². The minimum Gasteiger partial charge on any atom is -0.489 e. The van der Waals surface area contributed by atoms with Gasteiger partial charge >= 0.3 is 0 Å². The van der Waals surface area contributed by atoms with Crippen LogP contribution in [0.3, 0.4) is 0 Å². The molecule has 1 amide bonds. The number of carbonyl (C=O) groups is 1. The normalized spacial score (nSPS) is 16.0. The Bertz CT molecular complexity index is 817. The fourth-order valence-electron chi connectivity index (χ4n) is 2.33. The van der Waals surface area contributed by atoms with E-state index in [1.54, 1.807) is 25.1 Å². The van der Waals surface area contributed by atoms with Gasteiger partial charge in [0.25, 0.3) is 11.5 Å². The molecule has 114 valence electrons. The second-order valence-corrected chi connectivity index (χ2v) is 5.79. The smallest absolute Gasteiger partial charge is 0.260 e. The number of benzene rings is 1. The molecule has 0 fully saturated rings. The van der Waals surface area contributed by atoms with Gasteiger partial charge in [0.2, 0.25) is 0 Å². The van der Waals surface area contributed by atoms with Crippen LogP contribution in [0.4, 0.5) is 0 Å². The molecule has 1 aliphatic rings. The average molecular weight is 339 g/mol. The second kappa shape index (κ2) is 5.66. The number of amides is 1. The molecule has 0 bridgehead atoms. The summed E-state index contributed by atoms with van der Waals surface area (Å²) in [6.45, 7) is 1.99. The number of fused-ring (bicyclic) bond motifs is 1. The Morgan fingerprint density at radius 1 is 1.32 bits per heavy atom. The average Bonchev–Trinajstić information content (AvgIpc) is 2.86. The summed E-state index contributed by atoms with van der Waals surface area (Å²) in [5.41, 5.74) is 1.06. The fourth-order valence-corrected chi connectivity index (χ4v) is 2.71. The summed E-state index contributed by atoms with van der Waals surface area (Å²) in [5.74, 6) is 0.00561. The highest BCUT2D eigenvalue weighted by molar-refractivity contribution is 6.43. The third-order valence-electron chi connectivity index (χ3n) is 3.46. The van der Waals surface area contributed by atoms with Crippen LogP contribution >= 0.6 is 23.2 Å². The lowest BCUT2D eigenvalue weighted by molar-refractivity contribution is 0.0929. The van der Waals surface area contributed by atoms with E-state index >= 15 is 0 Å². The topological polar surface area (TPSA) is 71.2 Å². The zero-order valence-electron chi connectivity index (χ0n) is 11.6. The largest absolute Gasteiger partial charge is 0.489 e. The number of aryl methyl sites for hydroxylation is 1. The number of pyridine rings is 1. The van der Waals surface area contributed by atoms with Crippen LogP contribution in [-0.4, -0.2) is 17.5 Å². The van der Waals surface area contributed by atoms with Gasteiger partial charge in [-0.3, -0.25) is 9.59 Å². The molecule has 0 radical (unpaired) electrons. The van der Waals surface area contributed by atoms with Gasteiger partial charge in [-0.2, -0.15) is 0 Å². The van der Waals surface area contributed by atoms with Crippen LogP contribution < -0.4 is 15.6 Å². The first-order chi connectivity index (χ1) is 10.5. The number of hydrogen-bond acceptors (Lipinski definition) is 3. The van der Waals surface area contributed by atoms with Crippen molar-refractivity contribution in [2.45, 2.75) is 13.0 Å². The molecule has 7 heteroatoms. The maximum atomic E-state index is 12.2. The lowest BCUT2D eigenvalue weighted by atomic mass is 10.1. The van der Waals surface area contributed by atoms with E-state index in [1.807, 2.05) is 0 Å². The first-order valence-corrected chi connectivity index (χ1v) is 7.34. The molecule has 5 nitrogen and oxygen atoms in total. The highest BCUT2D eigenvalue weighted by Gasteiger charge is 2.29. The number of aromatic amines is 1. The fraction of sp³-hybridized carbons (Fsp3) is 0.200. The Hall–Kier alpha value is -1.98. The molecule has 1 aromatic carbocycles. The summed E-state index contributed by atoms with van der Waals surface area (Å²) < 4.78 is 5.49. The van der Waals surface area contributed by atoms with Crippen LogP contribution in [0.2, 0.25) is 10.0 Å². The van der Waals surface area contributed by atoms with Crippen LogP contribution in [0.5, 0.6) is 5.75 Å². The Morgan fingerprint density at radius 3 is 2.82 bits per heavy atom. The highest BCUT2D eigenvalue weighted by atomic mass is 35.5. The van der Waals surface area contributed by atoms with Crippen molar-refractivity contribution in [3.05, 3.63) is 61.5 Å². The van der Waals surface area contributed by atoms with Crippen molar-refractivity contribution < 1.29 is 9.53 Å². The van der Waals surface area contributed by atoms with Gasteiger partial charge in [-0.15, -0.1) is 0 Å². The van der Waals surface area contributed by atoms with Crippen molar-refractivity contribution in [3.63, 3.8) is 0 Å². The molecule has 2 aromatic rings. The molecular weight excluding hydrogens is 327 g/mol. The number of hydrogen-bond donors (Lipinski definition) is 2. The summed E-state index contributed by atoms with van der Waals surface area (Å²) in [5, 5.41) is 3.49. The molecule has 3 rings (SSSR count). The maximum absolute atomic E-state index is 12.2. The number of aromatic nitrogens is 1. The minimum absolute atomic E-state index is 0.0547. The predicted molar refractivity (Wildman–Crippen MR) is 84.0 cm³/mol. The Balaban J connectivity index is 1.86. The zero-order chi connectivity index (χ0) is 15.9. The van der Waals surface area contributed by atoms with Gasteiger partial charge in [-0.05, 0) is 25.1 Å². The summed E-state index contributed by atoms with van der Waals surface area (Å²) in [6.07, 6.45) is 0. The maximum Gasteiger partial charge on any atom is 0.260 e. The number of H-pyrrole nitrogens is 1. The molecule has 0 spiro atoms. The Morgan fingerprint density at radius 2 is 2.09 bits per heavy atom. The van der Waals surface area contributed by atoms with E-state index in [-0.39, 0.29) is 18.2 Å². The Labute approximate surface area is 136 Å². The first-order valence-electron chi connectivity index (χ1n) is 6.59. The van der Waals surface area contributed by atoms with Crippen molar-refractivity contribution in [1.29, 1.82) is 0 Å². The minimum atomic E-state index is -0.464. The van der Waals surface area contributed by atoms with Crippen LogP contribution in [0, 0.1) is 6.92 Å². The first kappa shape index (κ1) is 14.9. The van der Waals surface area contributed by atoms with Crippen LogP contribution in [-0.2, 0) is 0 Å². The second-order valence-electron chi connectivity index (χ2n) is 5.00. The number of halogens is 2. The summed E-state index contributed by atoms with van der Waals surface area (Å²) in [7, 11) is 0.